The molecule has 0 saturated carbocycles. The van der Waals surface area contributed by atoms with Crippen LogP contribution >= 0.6 is 0 Å². The van der Waals surface area contributed by atoms with E-state index in [9.17, 15) is 4.79 Å². The van der Waals surface area contributed by atoms with Crippen LogP contribution in [0.3, 0.4) is 0 Å². The van der Waals surface area contributed by atoms with Crippen molar-refractivity contribution in [1.29, 1.82) is 0 Å². The molecular weight excluding hydrogens is 230 g/mol. The monoisotopic (exact) mass is 245 g/mol. The maximum Gasteiger partial charge on any atom is 0.360 e. The van der Waals surface area contributed by atoms with Gasteiger partial charge in [-0.3, -0.25) is 0 Å². The van der Waals surface area contributed by atoms with Gasteiger partial charge in [0.2, 0.25) is 0 Å². The van der Waals surface area contributed by atoms with Crippen molar-refractivity contribution in [3.63, 3.8) is 0 Å². The maximum atomic E-state index is 11.6. The van der Waals surface area contributed by atoms with Crippen LogP contribution in [0.15, 0.2) is 36.5 Å². The Labute approximate surface area is 105 Å². The van der Waals surface area contributed by atoms with E-state index >= 15 is 0 Å². The molecule has 0 atom stereocenters. The summed E-state index contributed by atoms with van der Waals surface area (Å²) in [6, 6.07) is 9.86. The van der Waals surface area contributed by atoms with Crippen molar-refractivity contribution in [2.45, 2.75) is 26.5 Å². The Bertz CT molecular complexity index is 520. The summed E-state index contributed by atoms with van der Waals surface area (Å²) in [7, 11) is 0. The first-order valence-corrected chi connectivity index (χ1v) is 5.80. The van der Waals surface area contributed by atoms with E-state index in [1.807, 2.05) is 30.3 Å². The molecule has 94 valence electrons. The fraction of sp³-hybridized carbons (Fsp3) is 0.308. The zero-order chi connectivity index (χ0) is 13.0. The molecule has 0 aliphatic rings. The number of benzene rings is 1. The van der Waals surface area contributed by atoms with E-state index in [1.165, 1.54) is 0 Å². The average Bonchev–Trinajstić information content (AvgIpc) is 2.78. The molecule has 0 saturated heterocycles. The lowest BCUT2D eigenvalue weighted by Gasteiger charge is -2.04. The van der Waals surface area contributed by atoms with Gasteiger partial charge in [-0.1, -0.05) is 35.5 Å². The summed E-state index contributed by atoms with van der Waals surface area (Å²) in [6.07, 6.45) is 1.44. The van der Waals surface area contributed by atoms with E-state index in [2.05, 4.69) is 10.3 Å². The molecule has 0 bridgehead atoms. The first-order chi connectivity index (χ1) is 8.65. The van der Waals surface area contributed by atoms with Crippen LogP contribution in [0, 0.1) is 0 Å². The summed E-state index contributed by atoms with van der Waals surface area (Å²) in [4.78, 5) is 11.6. The standard InChI is InChI=1S/C13H15N3O2/c1-10(2)18-13(17)12-9-16(15-14-12)8-11-6-4-3-5-7-11/h3-7,9-10H,8H2,1-2H3. The van der Waals surface area contributed by atoms with Gasteiger partial charge < -0.3 is 4.74 Å². The molecule has 0 aliphatic heterocycles. The lowest BCUT2D eigenvalue weighted by Crippen LogP contribution is -2.11. The lowest BCUT2D eigenvalue weighted by atomic mass is 10.2. The summed E-state index contributed by atoms with van der Waals surface area (Å²) < 4.78 is 6.66. The van der Waals surface area contributed by atoms with Gasteiger partial charge in [0.1, 0.15) is 0 Å². The van der Waals surface area contributed by atoms with Crippen LogP contribution < -0.4 is 0 Å². The largest absolute Gasteiger partial charge is 0.458 e. The van der Waals surface area contributed by atoms with Crippen LogP contribution in [0.4, 0.5) is 0 Å². The molecule has 1 heterocycles. The molecule has 5 heteroatoms. The third-order valence-corrected chi connectivity index (χ3v) is 2.28. The van der Waals surface area contributed by atoms with Gasteiger partial charge in [0, 0.05) is 0 Å². The van der Waals surface area contributed by atoms with Crippen molar-refractivity contribution in [2.24, 2.45) is 0 Å². The molecule has 0 amide bonds. The molecule has 1 aromatic carbocycles. The molecule has 5 nitrogen and oxygen atoms in total. The quantitative estimate of drug-likeness (QED) is 0.772. The molecule has 2 aromatic rings. The molecule has 18 heavy (non-hydrogen) atoms. The number of carbonyl (C=O) groups excluding carboxylic acids is 1. The third kappa shape index (κ3) is 3.16. The minimum atomic E-state index is -0.440. The predicted octanol–water partition coefficient (Wildman–Crippen LogP) is 1.89. The van der Waals surface area contributed by atoms with E-state index in [4.69, 9.17) is 4.74 Å². The van der Waals surface area contributed by atoms with Gasteiger partial charge in [-0.05, 0) is 19.4 Å². The predicted molar refractivity (Wildman–Crippen MR) is 66.1 cm³/mol. The molecule has 1 aromatic heterocycles. The van der Waals surface area contributed by atoms with Crippen molar-refractivity contribution >= 4 is 5.97 Å². The highest BCUT2D eigenvalue weighted by Crippen LogP contribution is 2.04. The number of esters is 1. The van der Waals surface area contributed by atoms with Gasteiger partial charge in [0.25, 0.3) is 0 Å². The van der Waals surface area contributed by atoms with Gasteiger partial charge in [-0.2, -0.15) is 0 Å². The molecule has 2 rings (SSSR count). The lowest BCUT2D eigenvalue weighted by molar-refractivity contribution is 0.0370. The van der Waals surface area contributed by atoms with E-state index < -0.39 is 5.97 Å². The number of aromatic nitrogens is 3. The average molecular weight is 245 g/mol. The zero-order valence-electron chi connectivity index (χ0n) is 10.4. The summed E-state index contributed by atoms with van der Waals surface area (Å²) in [5, 5.41) is 7.71. The van der Waals surface area contributed by atoms with E-state index in [0.717, 1.165) is 5.56 Å². The van der Waals surface area contributed by atoms with Crippen LogP contribution in [0.1, 0.15) is 29.9 Å². The Morgan fingerprint density at radius 3 is 2.72 bits per heavy atom. The van der Waals surface area contributed by atoms with E-state index in [-0.39, 0.29) is 11.8 Å². The third-order valence-electron chi connectivity index (χ3n) is 2.28. The highest BCUT2D eigenvalue weighted by molar-refractivity contribution is 5.86. The Morgan fingerprint density at radius 2 is 2.06 bits per heavy atom. The molecule has 0 N–H and O–H groups in total. The highest BCUT2D eigenvalue weighted by Gasteiger charge is 2.13. The topological polar surface area (TPSA) is 57.0 Å². The fourth-order valence-electron chi connectivity index (χ4n) is 1.51. The number of rotatable bonds is 4. The van der Waals surface area contributed by atoms with E-state index in [0.29, 0.717) is 6.54 Å². The number of hydrogen-bond acceptors (Lipinski definition) is 4. The summed E-state index contributed by atoms with van der Waals surface area (Å²) in [5.74, 6) is -0.440. The van der Waals surface area contributed by atoms with Gasteiger partial charge in [0.15, 0.2) is 5.69 Å². The van der Waals surface area contributed by atoms with Crippen molar-refractivity contribution in [3.8, 4) is 0 Å². The molecule has 0 unspecified atom stereocenters. The van der Waals surface area contributed by atoms with Gasteiger partial charge in [0.05, 0.1) is 18.8 Å². The van der Waals surface area contributed by atoms with Crippen LogP contribution in [0.5, 0.6) is 0 Å². The molecule has 0 radical (unpaired) electrons. The number of hydrogen-bond donors (Lipinski definition) is 0. The zero-order valence-corrected chi connectivity index (χ0v) is 10.4. The van der Waals surface area contributed by atoms with Crippen molar-refractivity contribution in [3.05, 3.63) is 47.8 Å². The van der Waals surface area contributed by atoms with Crippen LogP contribution in [0.2, 0.25) is 0 Å². The van der Waals surface area contributed by atoms with E-state index in [1.54, 1.807) is 24.7 Å². The smallest absolute Gasteiger partial charge is 0.360 e. The molecule has 0 aliphatic carbocycles. The maximum absolute atomic E-state index is 11.6. The molecule has 0 spiro atoms. The second-order valence-electron chi connectivity index (χ2n) is 4.24. The van der Waals surface area contributed by atoms with Crippen molar-refractivity contribution in [2.75, 3.05) is 0 Å². The normalized spacial score (nSPS) is 10.6. The van der Waals surface area contributed by atoms with Crippen LogP contribution in [0.25, 0.3) is 0 Å². The minimum Gasteiger partial charge on any atom is -0.458 e. The fourth-order valence-corrected chi connectivity index (χ4v) is 1.51. The number of carbonyl (C=O) groups is 1. The Morgan fingerprint density at radius 1 is 1.33 bits per heavy atom. The molecule has 0 fully saturated rings. The first-order valence-electron chi connectivity index (χ1n) is 5.80. The summed E-state index contributed by atoms with van der Waals surface area (Å²) in [5.41, 5.74) is 1.34. The summed E-state index contributed by atoms with van der Waals surface area (Å²) >= 11 is 0. The molecular formula is C13H15N3O2. The Balaban J connectivity index is 2.04. The minimum absolute atomic E-state index is 0.156. The Hall–Kier alpha value is -2.17. The first kappa shape index (κ1) is 12.3. The van der Waals surface area contributed by atoms with Crippen molar-refractivity contribution < 1.29 is 9.53 Å². The highest BCUT2D eigenvalue weighted by atomic mass is 16.5. The van der Waals surface area contributed by atoms with Crippen LogP contribution in [-0.4, -0.2) is 27.1 Å². The van der Waals surface area contributed by atoms with Gasteiger partial charge in [-0.25, -0.2) is 9.48 Å². The Kier molecular flexibility index (Phi) is 3.72. The SMILES string of the molecule is CC(C)OC(=O)c1cn(Cc2ccccc2)nn1. The van der Waals surface area contributed by atoms with Gasteiger partial charge in [-0.15, -0.1) is 5.10 Å². The van der Waals surface area contributed by atoms with Crippen LogP contribution in [-0.2, 0) is 11.3 Å². The van der Waals surface area contributed by atoms with Crippen molar-refractivity contribution in [1.82, 2.24) is 15.0 Å². The van der Waals surface area contributed by atoms with Gasteiger partial charge >= 0.3 is 5.97 Å². The summed E-state index contributed by atoms with van der Waals surface area (Å²) in [6.45, 7) is 4.18. The second kappa shape index (κ2) is 5.44. The number of nitrogens with zero attached hydrogens (tertiary/aromatic N) is 3. The second-order valence-corrected chi connectivity index (χ2v) is 4.24. The number of ether oxygens (including phenoxy) is 1.